The number of rotatable bonds is 5. The highest BCUT2D eigenvalue weighted by Crippen LogP contribution is 2.28. The summed E-state index contributed by atoms with van der Waals surface area (Å²) in [6.07, 6.45) is 0. The van der Waals surface area contributed by atoms with Gasteiger partial charge in [0.1, 0.15) is 0 Å². The topological polar surface area (TPSA) is 67.2 Å². The summed E-state index contributed by atoms with van der Waals surface area (Å²) >= 11 is 3.45. The first-order chi connectivity index (χ1) is 9.99. The van der Waals surface area contributed by atoms with E-state index in [4.69, 9.17) is 0 Å². The number of nitro groups is 1. The molecule has 0 amide bonds. The van der Waals surface area contributed by atoms with E-state index in [0.717, 1.165) is 21.4 Å². The number of nitrogens with one attached hydrogen (secondary N) is 2. The molecule has 0 atom stereocenters. The molecule has 0 aliphatic carbocycles. The van der Waals surface area contributed by atoms with Crippen LogP contribution in [0.1, 0.15) is 12.5 Å². The minimum Gasteiger partial charge on any atom is -0.385 e. The van der Waals surface area contributed by atoms with Crippen LogP contribution in [0.5, 0.6) is 0 Å². The Labute approximate surface area is 131 Å². The Morgan fingerprint density at radius 2 is 1.86 bits per heavy atom. The monoisotopic (exact) mass is 349 g/mol. The molecule has 0 saturated carbocycles. The maximum absolute atomic E-state index is 11.0. The predicted octanol–water partition coefficient (Wildman–Crippen LogP) is 4.84. The highest BCUT2D eigenvalue weighted by Gasteiger charge is 2.10. The molecule has 5 nitrogen and oxygen atoms in total. The van der Waals surface area contributed by atoms with Crippen molar-refractivity contribution in [1.29, 1.82) is 0 Å². The van der Waals surface area contributed by atoms with Crippen molar-refractivity contribution in [3.05, 3.63) is 56.5 Å². The quantitative estimate of drug-likeness (QED) is 0.598. The summed E-state index contributed by atoms with van der Waals surface area (Å²) in [4.78, 5) is 10.6. The summed E-state index contributed by atoms with van der Waals surface area (Å²) in [6.45, 7) is 4.65. The summed E-state index contributed by atoms with van der Waals surface area (Å²) in [7, 11) is 0. The molecule has 0 saturated heterocycles. The van der Waals surface area contributed by atoms with Gasteiger partial charge in [-0.2, -0.15) is 0 Å². The summed E-state index contributed by atoms with van der Waals surface area (Å²) in [6, 6.07) is 10.8. The fraction of sp³-hybridized carbons (Fsp3) is 0.200. The van der Waals surface area contributed by atoms with Gasteiger partial charge in [-0.3, -0.25) is 10.1 Å². The molecule has 0 radical (unpaired) electrons. The summed E-state index contributed by atoms with van der Waals surface area (Å²) in [5.41, 5.74) is 3.45. The van der Waals surface area contributed by atoms with Gasteiger partial charge in [0.2, 0.25) is 0 Å². The van der Waals surface area contributed by atoms with Crippen molar-refractivity contribution >= 4 is 38.7 Å². The number of non-ortho nitro benzene ring substituents is 1. The van der Waals surface area contributed by atoms with E-state index in [9.17, 15) is 10.1 Å². The van der Waals surface area contributed by atoms with Crippen LogP contribution < -0.4 is 10.6 Å². The third-order valence-electron chi connectivity index (χ3n) is 2.96. The molecule has 0 aliphatic heterocycles. The summed E-state index contributed by atoms with van der Waals surface area (Å²) in [5, 5.41) is 17.3. The Hall–Kier alpha value is -2.08. The molecule has 0 aromatic heterocycles. The zero-order valence-electron chi connectivity index (χ0n) is 11.8. The molecular weight excluding hydrogens is 334 g/mol. The second-order valence-corrected chi connectivity index (χ2v) is 5.50. The molecule has 0 fully saturated rings. The number of nitro benzene ring substituents is 1. The Morgan fingerprint density at radius 1 is 1.14 bits per heavy atom. The van der Waals surface area contributed by atoms with Crippen molar-refractivity contribution < 1.29 is 4.92 Å². The van der Waals surface area contributed by atoms with E-state index in [0.29, 0.717) is 12.2 Å². The second-order valence-electron chi connectivity index (χ2n) is 4.64. The first-order valence-electron chi connectivity index (χ1n) is 6.56. The van der Waals surface area contributed by atoms with E-state index in [-0.39, 0.29) is 5.69 Å². The van der Waals surface area contributed by atoms with Gasteiger partial charge >= 0.3 is 0 Å². The smallest absolute Gasteiger partial charge is 0.273 e. The van der Waals surface area contributed by atoms with Crippen LogP contribution in [0, 0.1) is 17.0 Å². The van der Waals surface area contributed by atoms with Crippen molar-refractivity contribution in [3.8, 4) is 0 Å². The van der Waals surface area contributed by atoms with Gasteiger partial charge in [-0.1, -0.05) is 15.9 Å². The largest absolute Gasteiger partial charge is 0.385 e. The molecule has 2 rings (SSSR count). The molecule has 2 aromatic carbocycles. The Morgan fingerprint density at radius 3 is 2.48 bits per heavy atom. The third kappa shape index (κ3) is 3.95. The lowest BCUT2D eigenvalue weighted by Gasteiger charge is -2.11. The van der Waals surface area contributed by atoms with E-state index >= 15 is 0 Å². The van der Waals surface area contributed by atoms with Crippen LogP contribution in [-0.2, 0) is 0 Å². The highest BCUT2D eigenvalue weighted by molar-refractivity contribution is 9.10. The van der Waals surface area contributed by atoms with E-state index in [1.54, 1.807) is 0 Å². The fourth-order valence-electron chi connectivity index (χ4n) is 1.98. The van der Waals surface area contributed by atoms with Gasteiger partial charge in [-0.05, 0) is 43.7 Å². The molecule has 0 bridgehead atoms. The molecule has 6 heteroatoms. The average molecular weight is 350 g/mol. The third-order valence-corrected chi connectivity index (χ3v) is 3.85. The van der Waals surface area contributed by atoms with Crippen LogP contribution in [0.3, 0.4) is 0 Å². The van der Waals surface area contributed by atoms with Gasteiger partial charge in [-0.15, -0.1) is 0 Å². The first-order valence-corrected chi connectivity index (χ1v) is 7.35. The van der Waals surface area contributed by atoms with E-state index < -0.39 is 4.92 Å². The van der Waals surface area contributed by atoms with Gasteiger partial charge in [0.15, 0.2) is 0 Å². The van der Waals surface area contributed by atoms with Crippen LogP contribution >= 0.6 is 15.9 Å². The van der Waals surface area contributed by atoms with Crippen molar-refractivity contribution in [2.45, 2.75) is 13.8 Å². The number of nitrogens with zero attached hydrogens (tertiary/aromatic N) is 1. The van der Waals surface area contributed by atoms with Gasteiger partial charge in [0.25, 0.3) is 5.69 Å². The number of halogens is 1. The lowest BCUT2D eigenvalue weighted by atomic mass is 10.2. The molecule has 2 aromatic rings. The minimum atomic E-state index is -0.390. The van der Waals surface area contributed by atoms with Crippen molar-refractivity contribution in [2.24, 2.45) is 0 Å². The summed E-state index contributed by atoms with van der Waals surface area (Å²) in [5.74, 6) is 0. The first kappa shape index (κ1) is 15.3. The molecule has 110 valence electrons. The summed E-state index contributed by atoms with van der Waals surface area (Å²) < 4.78 is 1.03. The van der Waals surface area contributed by atoms with Crippen LogP contribution in [0.2, 0.25) is 0 Å². The zero-order chi connectivity index (χ0) is 15.4. The van der Waals surface area contributed by atoms with Gasteiger partial charge in [0, 0.05) is 40.2 Å². The van der Waals surface area contributed by atoms with Crippen LogP contribution in [0.4, 0.5) is 22.7 Å². The zero-order valence-corrected chi connectivity index (χ0v) is 13.4. The van der Waals surface area contributed by atoms with Crippen LogP contribution in [-0.4, -0.2) is 11.5 Å². The molecule has 0 spiro atoms. The number of anilines is 3. The van der Waals surface area contributed by atoms with E-state index in [1.165, 1.54) is 12.1 Å². The molecule has 0 aliphatic rings. The normalized spacial score (nSPS) is 10.2. The fourth-order valence-corrected chi connectivity index (χ4v) is 2.23. The molecule has 2 N–H and O–H groups in total. The number of benzene rings is 2. The molecule has 0 unspecified atom stereocenters. The lowest BCUT2D eigenvalue weighted by Crippen LogP contribution is -2.00. The molecule has 21 heavy (non-hydrogen) atoms. The standard InChI is InChI=1S/C15H16BrN3O2/c1-3-17-12-7-13(9-14(8-12)19(20)21)18-11-4-5-15(16)10(2)6-11/h4-9,17-18H,3H2,1-2H3. The van der Waals surface area contributed by atoms with Crippen LogP contribution in [0.15, 0.2) is 40.9 Å². The van der Waals surface area contributed by atoms with E-state index in [2.05, 4.69) is 26.6 Å². The maximum Gasteiger partial charge on any atom is 0.273 e. The van der Waals surface area contributed by atoms with Gasteiger partial charge in [0.05, 0.1) is 4.92 Å². The number of aryl methyl sites for hydroxylation is 1. The van der Waals surface area contributed by atoms with Crippen LogP contribution in [0.25, 0.3) is 0 Å². The van der Waals surface area contributed by atoms with Gasteiger partial charge < -0.3 is 10.6 Å². The SMILES string of the molecule is CCNc1cc(Nc2ccc(Br)c(C)c2)cc([N+](=O)[O-])c1. The van der Waals surface area contributed by atoms with Crippen molar-refractivity contribution in [3.63, 3.8) is 0 Å². The Balaban J connectivity index is 2.33. The van der Waals surface area contributed by atoms with Crippen molar-refractivity contribution in [2.75, 3.05) is 17.2 Å². The van der Waals surface area contributed by atoms with Crippen molar-refractivity contribution in [1.82, 2.24) is 0 Å². The van der Waals surface area contributed by atoms with E-state index in [1.807, 2.05) is 38.1 Å². The number of hydrogen-bond donors (Lipinski definition) is 2. The molecule has 0 heterocycles. The molecular formula is C15H16BrN3O2. The second kappa shape index (κ2) is 6.58. The predicted molar refractivity (Wildman–Crippen MR) is 89.4 cm³/mol. The maximum atomic E-state index is 11.0. The number of hydrogen-bond acceptors (Lipinski definition) is 4. The highest BCUT2D eigenvalue weighted by atomic mass is 79.9. The Bertz CT molecular complexity index is 674. The lowest BCUT2D eigenvalue weighted by molar-refractivity contribution is -0.384. The average Bonchev–Trinajstić information content (AvgIpc) is 2.43. The van der Waals surface area contributed by atoms with Gasteiger partial charge in [-0.25, -0.2) is 0 Å². The minimum absolute atomic E-state index is 0.0600. The Kier molecular flexibility index (Phi) is 4.80.